The minimum absolute atomic E-state index is 0.872. The molecule has 0 saturated carbocycles. The van der Waals surface area contributed by atoms with Gasteiger partial charge in [0, 0.05) is 83.1 Å². The third-order valence-corrected chi connectivity index (χ3v) is 20.6. The third kappa shape index (κ3) is 9.04. The van der Waals surface area contributed by atoms with Crippen molar-refractivity contribution in [3.8, 4) is 68.3 Å². The number of rotatable bonds is 12. The van der Waals surface area contributed by atoms with Crippen LogP contribution in [-0.4, -0.2) is 42.4 Å². The fourth-order valence-corrected chi connectivity index (χ4v) is 16.2. The number of hydrogen-bond donors (Lipinski definition) is 0. The van der Waals surface area contributed by atoms with E-state index < -0.39 is 0 Å². The summed E-state index contributed by atoms with van der Waals surface area (Å²) < 4.78 is 14.2. The Bertz CT molecular complexity index is 6280. The number of hydrogen-bond acceptors (Lipinski definition) is 4. The topological polar surface area (TPSA) is 71.5 Å². The van der Waals surface area contributed by atoms with E-state index in [1.54, 1.807) is 0 Å². The molecule has 0 unspecified atom stereocenters. The van der Waals surface area contributed by atoms with E-state index in [2.05, 4.69) is 396 Å². The van der Waals surface area contributed by atoms with E-state index in [1.807, 2.05) is 0 Å². The van der Waals surface area contributed by atoms with Crippen LogP contribution in [0.2, 0.25) is 0 Å². The van der Waals surface area contributed by atoms with Crippen molar-refractivity contribution in [2.75, 3.05) is 4.90 Å². The molecule has 0 aliphatic rings. The zero-order valence-corrected chi connectivity index (χ0v) is 55.6. The summed E-state index contributed by atoms with van der Waals surface area (Å²) in [5.74, 6) is 2.61. The first-order valence-electron chi connectivity index (χ1n) is 34.9. The Morgan fingerprint density at radius 3 is 0.738 bits per heavy atom. The molecular weight excluding hydrogens is 1260 g/mol. The summed E-state index contributed by atoms with van der Waals surface area (Å²) in [5, 5.41) is 6.79. The lowest BCUT2D eigenvalue weighted by Gasteiger charge is -2.26. The first kappa shape index (κ1) is 57.9. The smallest absolute Gasteiger partial charge is 0.147 e. The Morgan fingerprint density at radius 1 is 0.184 bits per heavy atom. The molecule has 10 heteroatoms. The van der Waals surface area contributed by atoms with E-state index >= 15 is 0 Å². The predicted octanol–water partition coefficient (Wildman–Crippen LogP) is 23.5. The molecule has 0 N–H and O–H groups in total. The maximum atomic E-state index is 5.43. The fourth-order valence-electron chi connectivity index (χ4n) is 16.2. The van der Waals surface area contributed by atoms with E-state index in [0.717, 1.165) is 184 Å². The Kier molecular flexibility index (Phi) is 13.1. The van der Waals surface area contributed by atoms with Crippen molar-refractivity contribution in [3.63, 3.8) is 0 Å². The Balaban J connectivity index is 0.785. The van der Waals surface area contributed by atoms with Gasteiger partial charge in [0.05, 0.1) is 83.3 Å². The summed E-state index contributed by atoms with van der Waals surface area (Å²) in [7, 11) is 0. The Morgan fingerprint density at radius 2 is 0.427 bits per heavy atom. The lowest BCUT2D eigenvalue weighted by molar-refractivity contribution is 1.09. The molecule has 0 fully saturated rings. The van der Waals surface area contributed by atoms with Gasteiger partial charge in [-0.25, -0.2) is 15.0 Å². The highest BCUT2D eigenvalue weighted by molar-refractivity contribution is 6.15. The second kappa shape index (κ2) is 23.3. The number of benzene rings is 15. The van der Waals surface area contributed by atoms with Gasteiger partial charge in [-0.3, -0.25) is 13.7 Å². The predicted molar refractivity (Wildman–Crippen MR) is 424 cm³/mol. The zero-order chi connectivity index (χ0) is 67.6. The molecule has 0 aliphatic carbocycles. The van der Waals surface area contributed by atoms with Gasteiger partial charge in [0.2, 0.25) is 0 Å². The molecular formula is C93H60N10. The molecule has 482 valence electrons. The molecule has 0 radical (unpaired) electrons. The maximum Gasteiger partial charge on any atom is 0.147 e. The molecule has 6 aromatic heterocycles. The highest BCUT2D eigenvalue weighted by atomic mass is 15.2. The molecule has 21 aromatic rings. The number of aromatic nitrogens is 9. The second-order valence-corrected chi connectivity index (χ2v) is 26.3. The van der Waals surface area contributed by atoms with E-state index in [1.165, 1.54) is 0 Å². The highest BCUT2D eigenvalue weighted by Crippen LogP contribution is 2.47. The van der Waals surface area contributed by atoms with Gasteiger partial charge in [-0.05, 0) is 182 Å². The molecule has 0 atom stereocenters. The Hall–Kier alpha value is -14.1. The van der Waals surface area contributed by atoms with Gasteiger partial charge < -0.3 is 18.6 Å². The second-order valence-electron chi connectivity index (χ2n) is 26.3. The largest absolute Gasteiger partial charge is 0.310 e. The third-order valence-electron chi connectivity index (χ3n) is 20.6. The molecule has 10 nitrogen and oxygen atoms in total. The van der Waals surface area contributed by atoms with Crippen molar-refractivity contribution in [1.82, 2.24) is 42.4 Å². The number of para-hydroxylation sites is 15. The van der Waals surface area contributed by atoms with Crippen LogP contribution in [0.1, 0.15) is 0 Å². The SMILES string of the molecule is c1ccc(-n2c(-c3ccccc3-n3c4ccccc4c4cc(N(c5ccc6c(c5)c5ccccc5n6-c5ccccc5-c5nc6ccccc6n5-c5ccccc5)c5ccc6c(c5)c5ccccc5n6-c5ccccc5-c5nc6ccccc6n5-c5ccccc5)ccc43)nc3ccccc32)cc1. The van der Waals surface area contributed by atoms with E-state index in [-0.39, 0.29) is 0 Å². The van der Waals surface area contributed by atoms with Gasteiger partial charge >= 0.3 is 0 Å². The van der Waals surface area contributed by atoms with E-state index in [9.17, 15) is 0 Å². The van der Waals surface area contributed by atoms with Gasteiger partial charge in [-0.15, -0.1) is 0 Å². The monoisotopic (exact) mass is 1320 g/mol. The molecule has 0 spiro atoms. The number of anilines is 3. The average Bonchev–Trinajstić information content (AvgIpc) is 1.59. The van der Waals surface area contributed by atoms with Crippen LogP contribution in [0.15, 0.2) is 364 Å². The Labute approximate surface area is 591 Å². The van der Waals surface area contributed by atoms with Crippen LogP contribution in [0.3, 0.4) is 0 Å². The zero-order valence-electron chi connectivity index (χ0n) is 55.6. The van der Waals surface area contributed by atoms with Gasteiger partial charge in [-0.1, -0.05) is 182 Å². The van der Waals surface area contributed by atoms with Crippen LogP contribution >= 0.6 is 0 Å². The van der Waals surface area contributed by atoms with Crippen molar-refractivity contribution in [2.24, 2.45) is 0 Å². The van der Waals surface area contributed by atoms with Gasteiger partial charge in [0.25, 0.3) is 0 Å². The summed E-state index contributed by atoms with van der Waals surface area (Å²) in [4.78, 5) is 18.7. The number of imidazole rings is 3. The lowest BCUT2D eigenvalue weighted by atomic mass is 10.1. The first-order valence-corrected chi connectivity index (χ1v) is 34.9. The van der Waals surface area contributed by atoms with Gasteiger partial charge in [0.1, 0.15) is 17.5 Å². The lowest BCUT2D eigenvalue weighted by Crippen LogP contribution is -2.10. The van der Waals surface area contributed by atoms with E-state index in [0.29, 0.717) is 0 Å². The van der Waals surface area contributed by atoms with Crippen LogP contribution in [-0.2, 0) is 0 Å². The van der Waals surface area contributed by atoms with Crippen LogP contribution in [0.25, 0.3) is 167 Å². The first-order chi connectivity index (χ1) is 51.1. The molecule has 0 bridgehead atoms. The van der Waals surface area contributed by atoms with Crippen molar-refractivity contribution in [1.29, 1.82) is 0 Å². The molecule has 0 amide bonds. The highest BCUT2D eigenvalue weighted by Gasteiger charge is 2.27. The van der Waals surface area contributed by atoms with Crippen LogP contribution in [0.5, 0.6) is 0 Å². The van der Waals surface area contributed by atoms with Crippen LogP contribution < -0.4 is 4.90 Å². The number of nitrogens with zero attached hydrogens (tertiary/aromatic N) is 10. The fraction of sp³-hybridized carbons (Fsp3) is 0. The van der Waals surface area contributed by atoms with Crippen LogP contribution in [0.4, 0.5) is 17.1 Å². The summed E-state index contributed by atoms with van der Waals surface area (Å²) >= 11 is 0. The molecule has 0 aliphatic heterocycles. The van der Waals surface area contributed by atoms with Crippen molar-refractivity contribution < 1.29 is 0 Å². The minimum Gasteiger partial charge on any atom is -0.310 e. The summed E-state index contributed by atoms with van der Waals surface area (Å²) in [6.45, 7) is 0. The van der Waals surface area contributed by atoms with Gasteiger partial charge in [-0.2, -0.15) is 0 Å². The maximum absolute atomic E-state index is 5.43. The van der Waals surface area contributed by atoms with Crippen LogP contribution in [0, 0.1) is 0 Å². The quantitative estimate of drug-likeness (QED) is 0.122. The summed E-state index contributed by atoms with van der Waals surface area (Å²) in [5.41, 5.74) is 24.8. The normalized spacial score (nSPS) is 11.9. The molecule has 21 rings (SSSR count). The minimum atomic E-state index is 0.872. The van der Waals surface area contributed by atoms with Crippen molar-refractivity contribution in [3.05, 3.63) is 364 Å². The molecule has 103 heavy (non-hydrogen) atoms. The summed E-state index contributed by atoms with van der Waals surface area (Å²) in [6.07, 6.45) is 0. The molecule has 6 heterocycles. The molecule has 15 aromatic carbocycles. The average molecular weight is 1320 g/mol. The van der Waals surface area contributed by atoms with Crippen molar-refractivity contribution >= 4 is 116 Å². The molecule has 0 saturated heterocycles. The van der Waals surface area contributed by atoms with Gasteiger partial charge in [0.15, 0.2) is 0 Å². The standard InChI is InChI=1S/C93H60N10/c1-4-28-61(29-5-1)98-88-49-25-16-40-76(88)94-91(98)70-37-13-22-46-82(70)101-79-43-19-10-34-67(79)73-58-64(52-55-85(73)101)97(65-53-56-86-74(59-65)68-35-11-20-44-80(68)102(86)83-47-23-14-38-71(83)92-95-77-41-17-26-50-89(77)99(92)62-30-6-2-7-31-62)66-54-57-87-75(60-66)69-36-12-21-45-81(69)103(87)84-48-24-15-39-72(84)93-96-78-42-18-27-51-90(78)100(93)63-32-8-3-9-33-63/h1-60H. The van der Waals surface area contributed by atoms with Crippen molar-refractivity contribution in [2.45, 2.75) is 0 Å². The summed E-state index contributed by atoms with van der Waals surface area (Å²) in [6, 6.07) is 131. The van der Waals surface area contributed by atoms with E-state index in [4.69, 9.17) is 15.0 Å². The number of fused-ring (bicyclic) bond motifs is 12.